The van der Waals surface area contributed by atoms with Crippen LogP contribution in [0.4, 0.5) is 14.5 Å². The molecule has 0 spiro atoms. The van der Waals surface area contributed by atoms with Gasteiger partial charge in [0.25, 0.3) is 5.91 Å². The Morgan fingerprint density at radius 2 is 1.90 bits per heavy atom. The van der Waals surface area contributed by atoms with E-state index < -0.39 is 34.6 Å². The largest absolute Gasteiger partial charge is 0.497 e. The third kappa shape index (κ3) is 4.14. The number of hydrogen-bond donors (Lipinski definition) is 2. The summed E-state index contributed by atoms with van der Waals surface area (Å²) in [6, 6.07) is 6.35. The van der Waals surface area contributed by atoms with Gasteiger partial charge in [-0.1, -0.05) is 0 Å². The van der Waals surface area contributed by atoms with Gasteiger partial charge in [-0.05, 0) is 37.1 Å². The Morgan fingerprint density at radius 1 is 1.17 bits per heavy atom. The van der Waals surface area contributed by atoms with Crippen molar-refractivity contribution in [1.82, 2.24) is 0 Å². The fourth-order valence-corrected chi connectivity index (χ4v) is 3.08. The van der Waals surface area contributed by atoms with Crippen LogP contribution in [0, 0.1) is 18.6 Å². The highest BCUT2D eigenvalue weighted by Gasteiger charge is 2.17. The van der Waals surface area contributed by atoms with Gasteiger partial charge in [-0.15, -0.1) is 0 Å². The molecule has 0 atom stereocenters. The van der Waals surface area contributed by atoms with Crippen LogP contribution in [0.1, 0.15) is 27.9 Å². The number of amides is 2. The second-order valence-electron chi connectivity index (χ2n) is 6.58. The zero-order valence-electron chi connectivity index (χ0n) is 16.2. The zero-order valence-corrected chi connectivity index (χ0v) is 16.2. The lowest BCUT2D eigenvalue weighted by Crippen LogP contribution is -2.19. The van der Waals surface area contributed by atoms with E-state index in [1.54, 1.807) is 25.1 Å². The molecule has 0 saturated heterocycles. The van der Waals surface area contributed by atoms with Crippen molar-refractivity contribution in [3.05, 3.63) is 69.1 Å². The number of ether oxygens (including phenoxy) is 1. The molecule has 0 aliphatic rings. The number of nitrogens with two attached hydrogens (primary N) is 1. The summed E-state index contributed by atoms with van der Waals surface area (Å²) in [5.74, 6) is -3.37. The van der Waals surface area contributed by atoms with Gasteiger partial charge >= 0.3 is 5.63 Å². The summed E-state index contributed by atoms with van der Waals surface area (Å²) in [5.41, 5.74) is 4.82. The summed E-state index contributed by atoms with van der Waals surface area (Å²) in [6.07, 6.45) is -0.135. The second kappa shape index (κ2) is 8.32. The third-order valence-corrected chi connectivity index (χ3v) is 4.69. The Bertz CT molecular complexity index is 1220. The molecular formula is C21H18F2N2O5. The summed E-state index contributed by atoms with van der Waals surface area (Å²) in [6.45, 7) is 1.73. The topological polar surface area (TPSA) is 112 Å². The minimum absolute atomic E-state index is 0.0352. The Balaban J connectivity index is 1.80. The van der Waals surface area contributed by atoms with Crippen molar-refractivity contribution in [1.29, 1.82) is 0 Å². The van der Waals surface area contributed by atoms with Crippen LogP contribution in [0.2, 0.25) is 0 Å². The average molecular weight is 416 g/mol. The summed E-state index contributed by atoms with van der Waals surface area (Å²) in [7, 11) is 1.50. The maximum Gasteiger partial charge on any atom is 0.339 e. The Labute approximate surface area is 169 Å². The van der Waals surface area contributed by atoms with Crippen molar-refractivity contribution in [3.8, 4) is 5.75 Å². The molecule has 0 bridgehead atoms. The standard InChI is InChI=1S/C21H18F2N2O5/c1-10-12-4-3-11(29-2)7-18(12)30-21(28)13(10)5-6-19(26)25-17-8-14(20(24)27)15(22)9-16(17)23/h3-4,7-9H,5-6H2,1-2H3,(H2,24,27)(H,25,26). The minimum Gasteiger partial charge on any atom is -0.497 e. The molecule has 2 aromatic carbocycles. The van der Waals surface area contributed by atoms with E-state index in [0.717, 1.165) is 6.07 Å². The number of aryl methyl sites for hydroxylation is 1. The lowest BCUT2D eigenvalue weighted by molar-refractivity contribution is -0.116. The van der Waals surface area contributed by atoms with E-state index >= 15 is 0 Å². The van der Waals surface area contributed by atoms with Gasteiger partial charge in [0.1, 0.15) is 23.0 Å². The molecule has 2 amide bonds. The predicted molar refractivity (Wildman–Crippen MR) is 106 cm³/mol. The van der Waals surface area contributed by atoms with E-state index in [4.69, 9.17) is 14.9 Å². The fraction of sp³-hybridized carbons (Fsp3) is 0.190. The number of carbonyl (C=O) groups excluding carboxylic acids is 2. The zero-order chi connectivity index (χ0) is 22.0. The summed E-state index contributed by atoms with van der Waals surface area (Å²) in [5, 5.41) is 2.95. The van der Waals surface area contributed by atoms with Gasteiger partial charge in [0.15, 0.2) is 0 Å². The maximum atomic E-state index is 13.9. The molecule has 0 unspecified atom stereocenters. The monoisotopic (exact) mass is 416 g/mol. The molecule has 1 heterocycles. The predicted octanol–water partition coefficient (Wildman–Crippen LogP) is 3.06. The van der Waals surface area contributed by atoms with E-state index in [1.807, 2.05) is 0 Å². The van der Waals surface area contributed by atoms with Crippen LogP contribution < -0.4 is 21.4 Å². The van der Waals surface area contributed by atoms with Crippen LogP contribution in [-0.2, 0) is 11.2 Å². The first-order valence-corrected chi connectivity index (χ1v) is 8.90. The molecule has 0 aliphatic carbocycles. The number of carbonyl (C=O) groups is 2. The highest BCUT2D eigenvalue weighted by molar-refractivity contribution is 5.96. The van der Waals surface area contributed by atoms with Gasteiger partial charge in [0.05, 0.1) is 18.4 Å². The van der Waals surface area contributed by atoms with Gasteiger partial charge < -0.3 is 20.2 Å². The first-order valence-electron chi connectivity index (χ1n) is 8.90. The van der Waals surface area contributed by atoms with Crippen LogP contribution in [0.5, 0.6) is 5.75 Å². The molecular weight excluding hydrogens is 398 g/mol. The third-order valence-electron chi connectivity index (χ3n) is 4.69. The van der Waals surface area contributed by atoms with Crippen LogP contribution in [0.25, 0.3) is 11.0 Å². The van der Waals surface area contributed by atoms with Crippen LogP contribution in [-0.4, -0.2) is 18.9 Å². The molecule has 0 aliphatic heterocycles. The van der Waals surface area contributed by atoms with Crippen molar-refractivity contribution < 1.29 is 27.5 Å². The Morgan fingerprint density at radius 3 is 2.57 bits per heavy atom. The quantitative estimate of drug-likeness (QED) is 0.600. The number of nitrogens with one attached hydrogen (secondary N) is 1. The lowest BCUT2D eigenvalue weighted by Gasteiger charge is -2.10. The van der Waals surface area contributed by atoms with Crippen molar-refractivity contribution in [2.45, 2.75) is 19.8 Å². The van der Waals surface area contributed by atoms with Gasteiger partial charge in [-0.25, -0.2) is 13.6 Å². The van der Waals surface area contributed by atoms with Crippen LogP contribution in [0.15, 0.2) is 39.5 Å². The van der Waals surface area contributed by atoms with Gasteiger partial charge in [-0.2, -0.15) is 0 Å². The molecule has 0 saturated carbocycles. The first kappa shape index (κ1) is 21.0. The number of anilines is 1. The Kier molecular flexibility index (Phi) is 5.81. The maximum absolute atomic E-state index is 13.9. The molecule has 3 N–H and O–H groups in total. The SMILES string of the molecule is COc1ccc2c(C)c(CCC(=O)Nc3cc(C(N)=O)c(F)cc3F)c(=O)oc2c1. The molecule has 156 valence electrons. The second-order valence-corrected chi connectivity index (χ2v) is 6.58. The number of halogens is 2. The number of methoxy groups -OCH3 is 1. The molecule has 1 aromatic heterocycles. The smallest absolute Gasteiger partial charge is 0.339 e. The average Bonchev–Trinajstić information content (AvgIpc) is 2.69. The van der Waals surface area contributed by atoms with E-state index in [1.165, 1.54) is 7.11 Å². The van der Waals surface area contributed by atoms with Gasteiger partial charge in [-0.3, -0.25) is 9.59 Å². The molecule has 7 nitrogen and oxygen atoms in total. The van der Waals surface area contributed by atoms with Crippen LogP contribution in [0.3, 0.4) is 0 Å². The number of rotatable bonds is 6. The van der Waals surface area contributed by atoms with E-state index in [0.29, 0.717) is 33.9 Å². The molecule has 3 aromatic rings. The van der Waals surface area contributed by atoms with E-state index in [2.05, 4.69) is 5.32 Å². The Hall–Kier alpha value is -3.75. The lowest BCUT2D eigenvalue weighted by atomic mass is 10.0. The molecule has 9 heteroatoms. The number of hydrogen-bond acceptors (Lipinski definition) is 5. The van der Waals surface area contributed by atoms with Gasteiger partial charge in [0, 0.05) is 29.5 Å². The number of benzene rings is 2. The number of fused-ring (bicyclic) bond motifs is 1. The summed E-state index contributed by atoms with van der Waals surface area (Å²) >= 11 is 0. The molecule has 30 heavy (non-hydrogen) atoms. The normalized spacial score (nSPS) is 10.8. The van der Waals surface area contributed by atoms with Crippen molar-refractivity contribution in [3.63, 3.8) is 0 Å². The number of primary amides is 1. The highest BCUT2D eigenvalue weighted by Crippen LogP contribution is 2.25. The molecule has 0 fully saturated rings. The van der Waals surface area contributed by atoms with Crippen molar-refractivity contribution in [2.24, 2.45) is 5.73 Å². The molecule has 0 radical (unpaired) electrons. The molecule has 3 rings (SSSR count). The van der Waals surface area contributed by atoms with E-state index in [9.17, 15) is 23.2 Å². The van der Waals surface area contributed by atoms with Crippen molar-refractivity contribution >= 4 is 28.5 Å². The highest BCUT2D eigenvalue weighted by atomic mass is 19.1. The van der Waals surface area contributed by atoms with E-state index in [-0.39, 0.29) is 18.5 Å². The fourth-order valence-electron chi connectivity index (χ4n) is 3.08. The van der Waals surface area contributed by atoms with Gasteiger partial charge in [0.2, 0.25) is 5.91 Å². The van der Waals surface area contributed by atoms with Crippen LogP contribution >= 0.6 is 0 Å². The summed E-state index contributed by atoms with van der Waals surface area (Å²) in [4.78, 5) is 35.8. The first-order chi connectivity index (χ1) is 14.2. The minimum atomic E-state index is -1.13. The summed E-state index contributed by atoms with van der Waals surface area (Å²) < 4.78 is 37.9. The van der Waals surface area contributed by atoms with Crippen molar-refractivity contribution in [2.75, 3.05) is 12.4 Å².